The summed E-state index contributed by atoms with van der Waals surface area (Å²) in [7, 11) is 0. The number of hydrogen-bond donors (Lipinski definition) is 0. The molecule has 0 heteroatoms. The van der Waals surface area contributed by atoms with E-state index < -0.39 is 0 Å². The third-order valence-corrected chi connectivity index (χ3v) is 5.05. The van der Waals surface area contributed by atoms with Gasteiger partial charge in [-0.05, 0) is 35.5 Å². The second kappa shape index (κ2) is 4.24. The Bertz CT molecular complexity index is 180. The molecule has 0 spiro atoms. The van der Waals surface area contributed by atoms with Gasteiger partial charge in [0, 0.05) is 0 Å². The maximum absolute atomic E-state index is 2.48. The summed E-state index contributed by atoms with van der Waals surface area (Å²) in [6, 6.07) is 0. The van der Waals surface area contributed by atoms with E-state index in [4.69, 9.17) is 0 Å². The molecule has 4 atom stereocenters. The van der Waals surface area contributed by atoms with Gasteiger partial charge in [0.2, 0.25) is 0 Å². The monoisotopic (exact) mass is 196 g/mol. The fourth-order valence-corrected chi connectivity index (χ4v) is 2.89. The molecule has 1 aliphatic carbocycles. The predicted octanol–water partition coefficient (Wildman–Crippen LogP) is 4.74. The molecule has 1 saturated carbocycles. The SMILES string of the molecule is CCC(C)C1CC1C(C)(C)C(C)CC. The molecule has 0 aliphatic heterocycles. The van der Waals surface area contributed by atoms with Crippen molar-refractivity contribution in [1.82, 2.24) is 0 Å². The Morgan fingerprint density at radius 1 is 1.14 bits per heavy atom. The molecule has 0 aromatic carbocycles. The van der Waals surface area contributed by atoms with Crippen molar-refractivity contribution in [3.63, 3.8) is 0 Å². The van der Waals surface area contributed by atoms with Crippen LogP contribution in [0.4, 0.5) is 0 Å². The summed E-state index contributed by atoms with van der Waals surface area (Å²) in [5, 5.41) is 0. The van der Waals surface area contributed by atoms with E-state index in [9.17, 15) is 0 Å². The molecule has 0 bridgehead atoms. The van der Waals surface area contributed by atoms with Crippen molar-refractivity contribution in [2.45, 2.75) is 60.8 Å². The van der Waals surface area contributed by atoms with E-state index in [-0.39, 0.29) is 0 Å². The zero-order chi connectivity index (χ0) is 10.9. The third kappa shape index (κ3) is 2.15. The van der Waals surface area contributed by atoms with E-state index in [1.165, 1.54) is 19.3 Å². The van der Waals surface area contributed by atoms with Gasteiger partial charge in [0.25, 0.3) is 0 Å². The van der Waals surface area contributed by atoms with Gasteiger partial charge in [-0.3, -0.25) is 0 Å². The molecule has 84 valence electrons. The van der Waals surface area contributed by atoms with Gasteiger partial charge in [-0.25, -0.2) is 0 Å². The molecule has 14 heavy (non-hydrogen) atoms. The Kier molecular flexibility index (Phi) is 3.66. The van der Waals surface area contributed by atoms with Gasteiger partial charge < -0.3 is 0 Å². The van der Waals surface area contributed by atoms with Gasteiger partial charge in [-0.1, -0.05) is 54.4 Å². The highest BCUT2D eigenvalue weighted by atomic mass is 14.6. The van der Waals surface area contributed by atoms with Crippen molar-refractivity contribution in [3.8, 4) is 0 Å². The topological polar surface area (TPSA) is 0 Å². The zero-order valence-electron chi connectivity index (χ0n) is 10.9. The van der Waals surface area contributed by atoms with Gasteiger partial charge in [-0.15, -0.1) is 0 Å². The van der Waals surface area contributed by atoms with Crippen molar-refractivity contribution in [2.24, 2.45) is 29.1 Å². The zero-order valence-corrected chi connectivity index (χ0v) is 10.9. The maximum atomic E-state index is 2.48. The largest absolute Gasteiger partial charge is 0.0651 e. The summed E-state index contributed by atoms with van der Waals surface area (Å²) >= 11 is 0. The van der Waals surface area contributed by atoms with Crippen LogP contribution in [0.15, 0.2) is 0 Å². The van der Waals surface area contributed by atoms with E-state index in [1.54, 1.807) is 0 Å². The summed E-state index contributed by atoms with van der Waals surface area (Å²) in [6.45, 7) is 14.5. The molecule has 1 rings (SSSR count). The van der Waals surface area contributed by atoms with Crippen LogP contribution in [-0.4, -0.2) is 0 Å². The lowest BCUT2D eigenvalue weighted by molar-refractivity contribution is 0.167. The first kappa shape index (κ1) is 12.1. The highest BCUT2D eigenvalue weighted by Gasteiger charge is 2.50. The highest BCUT2D eigenvalue weighted by Crippen LogP contribution is 2.58. The molecule has 0 nitrogen and oxygen atoms in total. The average molecular weight is 196 g/mol. The Balaban J connectivity index is 2.52. The Morgan fingerprint density at radius 2 is 1.71 bits per heavy atom. The second-order valence-electron chi connectivity index (χ2n) is 6.02. The lowest BCUT2D eigenvalue weighted by atomic mass is 9.73. The van der Waals surface area contributed by atoms with Crippen LogP contribution in [-0.2, 0) is 0 Å². The average Bonchev–Trinajstić information content (AvgIpc) is 2.95. The molecule has 0 N–H and O–H groups in total. The first-order chi connectivity index (χ1) is 6.45. The Hall–Kier alpha value is 0. The van der Waals surface area contributed by atoms with Crippen molar-refractivity contribution in [2.75, 3.05) is 0 Å². The van der Waals surface area contributed by atoms with Crippen LogP contribution in [0.2, 0.25) is 0 Å². The molecule has 1 aliphatic rings. The lowest BCUT2D eigenvalue weighted by Gasteiger charge is -2.32. The van der Waals surface area contributed by atoms with Crippen LogP contribution in [0, 0.1) is 29.1 Å². The molecule has 0 aromatic rings. The van der Waals surface area contributed by atoms with Gasteiger partial charge >= 0.3 is 0 Å². The molecular formula is C14H28. The van der Waals surface area contributed by atoms with Crippen LogP contribution in [0.1, 0.15) is 60.8 Å². The highest BCUT2D eigenvalue weighted by molar-refractivity contribution is 4.99. The minimum atomic E-state index is 0.572. The van der Waals surface area contributed by atoms with Gasteiger partial charge in [-0.2, -0.15) is 0 Å². The lowest BCUT2D eigenvalue weighted by Crippen LogP contribution is -2.25. The summed E-state index contributed by atoms with van der Waals surface area (Å²) < 4.78 is 0. The first-order valence-electron chi connectivity index (χ1n) is 6.45. The van der Waals surface area contributed by atoms with Crippen LogP contribution in [0.25, 0.3) is 0 Å². The third-order valence-electron chi connectivity index (χ3n) is 5.05. The van der Waals surface area contributed by atoms with E-state index >= 15 is 0 Å². The van der Waals surface area contributed by atoms with E-state index in [2.05, 4.69) is 41.5 Å². The van der Waals surface area contributed by atoms with E-state index in [0.717, 1.165) is 23.7 Å². The molecule has 0 radical (unpaired) electrons. The molecule has 4 unspecified atom stereocenters. The first-order valence-corrected chi connectivity index (χ1v) is 6.45. The molecule has 1 fully saturated rings. The molecular weight excluding hydrogens is 168 g/mol. The number of hydrogen-bond acceptors (Lipinski definition) is 0. The minimum absolute atomic E-state index is 0.572. The fourth-order valence-electron chi connectivity index (χ4n) is 2.89. The quantitative estimate of drug-likeness (QED) is 0.595. The van der Waals surface area contributed by atoms with E-state index in [1.807, 2.05) is 0 Å². The molecule has 0 amide bonds. The van der Waals surface area contributed by atoms with Crippen molar-refractivity contribution in [1.29, 1.82) is 0 Å². The van der Waals surface area contributed by atoms with Gasteiger partial charge in [0.1, 0.15) is 0 Å². The molecule has 0 aromatic heterocycles. The van der Waals surface area contributed by atoms with Crippen LogP contribution in [0.5, 0.6) is 0 Å². The molecule has 0 heterocycles. The maximum Gasteiger partial charge on any atom is -0.0297 e. The summed E-state index contributed by atoms with van der Waals surface area (Å²) in [5.74, 6) is 3.86. The Labute approximate surface area is 90.5 Å². The summed E-state index contributed by atoms with van der Waals surface area (Å²) in [6.07, 6.45) is 4.18. The van der Waals surface area contributed by atoms with Crippen molar-refractivity contribution >= 4 is 0 Å². The van der Waals surface area contributed by atoms with Crippen molar-refractivity contribution in [3.05, 3.63) is 0 Å². The second-order valence-corrected chi connectivity index (χ2v) is 6.02. The standard InChI is InChI=1S/C14H28/c1-7-10(3)12-9-13(12)14(5,6)11(4)8-2/h10-13H,7-9H2,1-6H3. The number of rotatable bonds is 5. The van der Waals surface area contributed by atoms with E-state index in [0.29, 0.717) is 5.41 Å². The summed E-state index contributed by atoms with van der Waals surface area (Å²) in [4.78, 5) is 0. The van der Waals surface area contributed by atoms with Crippen LogP contribution in [0.3, 0.4) is 0 Å². The van der Waals surface area contributed by atoms with Gasteiger partial charge in [0.05, 0.1) is 0 Å². The predicted molar refractivity (Wildman–Crippen MR) is 64.3 cm³/mol. The fraction of sp³-hybridized carbons (Fsp3) is 1.00. The smallest absolute Gasteiger partial charge is 0.0297 e. The van der Waals surface area contributed by atoms with Crippen molar-refractivity contribution < 1.29 is 0 Å². The normalized spacial score (nSPS) is 31.3. The Morgan fingerprint density at radius 3 is 2.14 bits per heavy atom. The minimum Gasteiger partial charge on any atom is -0.0651 e. The van der Waals surface area contributed by atoms with Crippen LogP contribution < -0.4 is 0 Å². The molecule has 0 saturated heterocycles. The van der Waals surface area contributed by atoms with Gasteiger partial charge in [0.15, 0.2) is 0 Å². The van der Waals surface area contributed by atoms with Crippen LogP contribution >= 0.6 is 0 Å². The summed E-state index contributed by atoms with van der Waals surface area (Å²) in [5.41, 5.74) is 0.572.